The SMILES string of the molecule is O=C([O-])CN(CCN(CC(=O)[O-])CC(=O)[O-])CC(=O)[O-].[Mn+2].[Mn+2]. The molecule has 0 heterocycles. The second-order valence-electron chi connectivity index (χ2n) is 3.91. The Labute approximate surface area is 147 Å². The van der Waals surface area contributed by atoms with E-state index in [-0.39, 0.29) is 47.2 Å². The van der Waals surface area contributed by atoms with Gasteiger partial charge in [-0.15, -0.1) is 0 Å². The Balaban J connectivity index is -0.00000180. The van der Waals surface area contributed by atoms with Crippen molar-refractivity contribution in [1.82, 2.24) is 9.80 Å². The van der Waals surface area contributed by atoms with Crippen LogP contribution in [0.3, 0.4) is 0 Å². The van der Waals surface area contributed by atoms with Crippen molar-refractivity contribution in [3.05, 3.63) is 0 Å². The van der Waals surface area contributed by atoms with Crippen molar-refractivity contribution in [2.75, 3.05) is 39.3 Å². The molecule has 0 saturated heterocycles. The number of hydrogen-bond acceptors (Lipinski definition) is 10. The van der Waals surface area contributed by atoms with Crippen LogP contribution in [0.15, 0.2) is 0 Å². The molecule has 0 saturated carbocycles. The fourth-order valence-electron chi connectivity index (χ4n) is 1.44. The third-order valence-electron chi connectivity index (χ3n) is 2.14. The third-order valence-corrected chi connectivity index (χ3v) is 2.14. The molecule has 0 spiro atoms. The van der Waals surface area contributed by atoms with Gasteiger partial charge in [0.25, 0.3) is 0 Å². The number of rotatable bonds is 11. The number of aliphatic carboxylic acids is 4. The Morgan fingerprint density at radius 3 is 0.864 bits per heavy atom. The predicted molar refractivity (Wildman–Crippen MR) is 52.9 cm³/mol. The second-order valence-corrected chi connectivity index (χ2v) is 3.91. The van der Waals surface area contributed by atoms with Gasteiger partial charge in [-0.05, 0) is 0 Å². The van der Waals surface area contributed by atoms with Crippen LogP contribution in [0.2, 0.25) is 0 Å². The molecule has 2 radical (unpaired) electrons. The minimum atomic E-state index is -1.53. The van der Waals surface area contributed by atoms with Gasteiger partial charge in [0.15, 0.2) is 0 Å². The normalized spacial score (nSPS) is 9.73. The molecule has 22 heavy (non-hydrogen) atoms. The van der Waals surface area contributed by atoms with Crippen LogP contribution in [-0.4, -0.2) is 72.9 Å². The summed E-state index contributed by atoms with van der Waals surface area (Å²) in [7, 11) is 0. The van der Waals surface area contributed by atoms with Gasteiger partial charge in [0.1, 0.15) is 0 Å². The van der Waals surface area contributed by atoms with E-state index in [0.29, 0.717) is 0 Å². The van der Waals surface area contributed by atoms with E-state index in [1.807, 2.05) is 0 Å². The number of nitrogens with zero attached hydrogens (tertiary/aromatic N) is 2. The van der Waals surface area contributed by atoms with Gasteiger partial charge in [-0.3, -0.25) is 9.80 Å². The van der Waals surface area contributed by atoms with Crippen LogP contribution < -0.4 is 20.4 Å². The summed E-state index contributed by atoms with van der Waals surface area (Å²) in [4.78, 5) is 43.4. The third kappa shape index (κ3) is 15.2. The van der Waals surface area contributed by atoms with E-state index in [9.17, 15) is 39.6 Å². The monoisotopic (exact) mass is 398 g/mol. The fraction of sp³-hybridized carbons (Fsp3) is 0.600. The quantitative estimate of drug-likeness (QED) is 0.305. The molecule has 0 bridgehead atoms. The maximum atomic E-state index is 10.4. The summed E-state index contributed by atoms with van der Waals surface area (Å²) in [6.45, 7) is -3.25. The Hall–Kier alpha value is -1.16. The van der Waals surface area contributed by atoms with Crippen LogP contribution in [0.25, 0.3) is 0 Å². The van der Waals surface area contributed by atoms with Crippen LogP contribution in [0.4, 0.5) is 0 Å². The van der Waals surface area contributed by atoms with Crippen molar-refractivity contribution in [3.63, 3.8) is 0 Å². The molecule has 0 aromatic heterocycles. The first-order chi connectivity index (χ1) is 9.20. The molecule has 0 aromatic carbocycles. The number of hydrogen-bond donors (Lipinski definition) is 0. The molecule has 0 atom stereocenters. The molecular formula is C10H12Mn2N2O8. The van der Waals surface area contributed by atoms with Crippen LogP contribution in [0.5, 0.6) is 0 Å². The largest absolute Gasteiger partial charge is 2.00 e. The molecular weight excluding hydrogens is 386 g/mol. The number of carbonyl (C=O) groups excluding carboxylic acids is 4. The summed E-state index contributed by atoms with van der Waals surface area (Å²) >= 11 is 0. The maximum Gasteiger partial charge on any atom is 2.00 e. The number of carboxylic acid groups (broad SMARTS) is 4. The minimum Gasteiger partial charge on any atom is -0.549 e. The first-order valence-corrected chi connectivity index (χ1v) is 5.44. The average Bonchev–Trinajstić information content (AvgIpc) is 2.22. The number of carbonyl (C=O) groups is 4. The van der Waals surface area contributed by atoms with Crippen molar-refractivity contribution in [2.45, 2.75) is 0 Å². The van der Waals surface area contributed by atoms with Gasteiger partial charge >= 0.3 is 34.1 Å². The molecule has 10 nitrogen and oxygen atoms in total. The van der Waals surface area contributed by atoms with Crippen molar-refractivity contribution in [1.29, 1.82) is 0 Å². The molecule has 0 unspecified atom stereocenters. The molecule has 0 aliphatic heterocycles. The molecule has 0 aromatic rings. The second kappa shape index (κ2) is 13.5. The average molecular weight is 398 g/mol. The zero-order chi connectivity index (χ0) is 15.7. The number of carboxylic acids is 4. The van der Waals surface area contributed by atoms with E-state index < -0.39 is 50.1 Å². The van der Waals surface area contributed by atoms with Crippen LogP contribution in [-0.2, 0) is 53.3 Å². The summed E-state index contributed by atoms with van der Waals surface area (Å²) < 4.78 is 0. The molecule has 0 N–H and O–H groups in total. The fourth-order valence-corrected chi connectivity index (χ4v) is 1.44. The minimum absolute atomic E-state index is 0. The molecule has 0 rings (SSSR count). The van der Waals surface area contributed by atoms with Gasteiger partial charge in [0.2, 0.25) is 0 Å². The van der Waals surface area contributed by atoms with Crippen LogP contribution >= 0.6 is 0 Å². The van der Waals surface area contributed by atoms with Gasteiger partial charge in [-0.2, -0.15) is 0 Å². The Bertz CT molecular complexity index is 325. The van der Waals surface area contributed by atoms with Gasteiger partial charge < -0.3 is 39.6 Å². The molecule has 12 heteroatoms. The first-order valence-electron chi connectivity index (χ1n) is 5.44. The van der Waals surface area contributed by atoms with E-state index in [4.69, 9.17) is 0 Å². The van der Waals surface area contributed by atoms with Gasteiger partial charge in [0, 0.05) is 39.3 Å². The van der Waals surface area contributed by atoms with Crippen molar-refractivity contribution in [2.24, 2.45) is 0 Å². The first kappa shape index (κ1) is 25.8. The summed E-state index contributed by atoms with van der Waals surface area (Å²) in [5.41, 5.74) is 0. The maximum absolute atomic E-state index is 10.4. The Morgan fingerprint density at radius 1 is 0.545 bits per heavy atom. The topological polar surface area (TPSA) is 167 Å². The molecule has 124 valence electrons. The molecule has 0 aliphatic rings. The Morgan fingerprint density at radius 2 is 0.727 bits per heavy atom. The predicted octanol–water partition coefficient (Wildman–Crippen LogP) is -7.42. The van der Waals surface area contributed by atoms with E-state index in [1.165, 1.54) is 0 Å². The van der Waals surface area contributed by atoms with Crippen molar-refractivity contribution < 1.29 is 73.7 Å². The van der Waals surface area contributed by atoms with Crippen molar-refractivity contribution in [3.8, 4) is 0 Å². The van der Waals surface area contributed by atoms with E-state index >= 15 is 0 Å². The van der Waals surface area contributed by atoms with E-state index in [1.54, 1.807) is 0 Å². The van der Waals surface area contributed by atoms with Crippen LogP contribution in [0.1, 0.15) is 0 Å². The summed E-state index contributed by atoms with van der Waals surface area (Å²) in [6.07, 6.45) is 0. The Kier molecular flexibility index (Phi) is 15.8. The smallest absolute Gasteiger partial charge is 0.549 e. The summed E-state index contributed by atoms with van der Waals surface area (Å²) in [5.74, 6) is -6.12. The molecule has 0 amide bonds. The molecule has 0 fully saturated rings. The standard InChI is InChI=1S/C10H16N2O8.2Mn/c13-7(14)3-11(4-8(15)16)1-2-12(5-9(17)18)6-10(19)20;;/h1-6H2,(H,13,14)(H,15,16)(H,17,18)(H,19,20);;/q;2*+2/p-4. The molecule has 0 aliphatic carbocycles. The summed E-state index contributed by atoms with van der Waals surface area (Å²) in [5, 5.41) is 41.6. The van der Waals surface area contributed by atoms with Gasteiger partial charge in [-0.1, -0.05) is 0 Å². The van der Waals surface area contributed by atoms with Gasteiger partial charge in [-0.25, -0.2) is 0 Å². The zero-order valence-corrected chi connectivity index (χ0v) is 13.5. The zero-order valence-electron chi connectivity index (χ0n) is 11.2. The van der Waals surface area contributed by atoms with E-state index in [2.05, 4.69) is 0 Å². The van der Waals surface area contributed by atoms with Crippen LogP contribution in [0, 0.1) is 0 Å². The van der Waals surface area contributed by atoms with Crippen molar-refractivity contribution >= 4 is 23.9 Å². The van der Waals surface area contributed by atoms with E-state index in [0.717, 1.165) is 9.80 Å². The van der Waals surface area contributed by atoms with Gasteiger partial charge in [0.05, 0.1) is 23.9 Å². The summed E-state index contributed by atoms with van der Waals surface area (Å²) in [6, 6.07) is 0.